The second-order valence-corrected chi connectivity index (χ2v) is 5.32. The van der Waals surface area contributed by atoms with Gasteiger partial charge < -0.3 is 20.7 Å². The highest BCUT2D eigenvalue weighted by molar-refractivity contribution is 6.00. The molecule has 0 spiro atoms. The van der Waals surface area contributed by atoms with Crippen LogP contribution in [0.5, 0.6) is 0 Å². The Morgan fingerprint density at radius 1 is 1.23 bits per heavy atom. The van der Waals surface area contributed by atoms with Crippen molar-refractivity contribution >= 4 is 24.1 Å². The van der Waals surface area contributed by atoms with Crippen molar-refractivity contribution in [2.45, 2.75) is 58.2 Å². The number of aliphatic hydroxyl groups is 1. The molecule has 4 N–H and O–H groups in total. The average molecular weight is 316 g/mol. The van der Waals surface area contributed by atoms with Crippen molar-refractivity contribution < 1.29 is 29.4 Å². The SMILES string of the molecule is CC[C@H](C)C(O)C(=O)N(C(=O)[C@H](C)N)[C@H](CC=O)CC(=O)O. The van der Waals surface area contributed by atoms with Crippen LogP contribution in [0, 0.1) is 5.92 Å². The molecule has 0 aliphatic carbocycles. The minimum Gasteiger partial charge on any atom is -0.481 e. The van der Waals surface area contributed by atoms with Crippen LogP contribution in [0.3, 0.4) is 0 Å². The molecule has 0 saturated carbocycles. The first-order chi connectivity index (χ1) is 10.2. The molecule has 126 valence electrons. The number of hydrogen-bond donors (Lipinski definition) is 3. The van der Waals surface area contributed by atoms with Crippen molar-refractivity contribution in [3.8, 4) is 0 Å². The summed E-state index contributed by atoms with van der Waals surface area (Å²) in [6.07, 6.45) is -1.46. The summed E-state index contributed by atoms with van der Waals surface area (Å²) >= 11 is 0. The van der Waals surface area contributed by atoms with Crippen LogP contribution in [-0.4, -0.2) is 57.4 Å². The molecule has 0 aliphatic rings. The summed E-state index contributed by atoms with van der Waals surface area (Å²) in [6, 6.07) is -2.23. The van der Waals surface area contributed by atoms with Gasteiger partial charge in [-0.05, 0) is 12.8 Å². The number of amides is 2. The van der Waals surface area contributed by atoms with Gasteiger partial charge in [-0.2, -0.15) is 0 Å². The zero-order valence-corrected chi connectivity index (χ0v) is 13.1. The van der Waals surface area contributed by atoms with Crippen LogP contribution in [0.4, 0.5) is 0 Å². The van der Waals surface area contributed by atoms with Gasteiger partial charge in [0, 0.05) is 6.42 Å². The van der Waals surface area contributed by atoms with Gasteiger partial charge in [0.2, 0.25) is 5.91 Å². The largest absolute Gasteiger partial charge is 0.481 e. The molecular formula is C14H24N2O6. The number of aliphatic carboxylic acids is 1. The highest BCUT2D eigenvalue weighted by Gasteiger charge is 2.37. The first-order valence-electron chi connectivity index (χ1n) is 7.13. The fourth-order valence-corrected chi connectivity index (χ4v) is 1.89. The maximum absolute atomic E-state index is 12.4. The summed E-state index contributed by atoms with van der Waals surface area (Å²) in [7, 11) is 0. The number of carbonyl (C=O) groups excluding carboxylic acids is 3. The number of aldehydes is 1. The monoisotopic (exact) mass is 316 g/mol. The van der Waals surface area contributed by atoms with Gasteiger partial charge in [-0.15, -0.1) is 0 Å². The second kappa shape index (κ2) is 9.26. The lowest BCUT2D eigenvalue weighted by molar-refractivity contribution is -0.157. The third-order valence-electron chi connectivity index (χ3n) is 3.44. The van der Waals surface area contributed by atoms with Crippen LogP contribution in [-0.2, 0) is 19.2 Å². The number of nitrogens with zero attached hydrogens (tertiary/aromatic N) is 1. The number of imide groups is 1. The molecule has 0 bridgehead atoms. The molecule has 0 aromatic carbocycles. The molecule has 22 heavy (non-hydrogen) atoms. The Labute approximate surface area is 129 Å². The Balaban J connectivity index is 5.58. The topological polar surface area (TPSA) is 138 Å². The van der Waals surface area contributed by atoms with Crippen LogP contribution < -0.4 is 5.73 Å². The number of carboxylic acid groups (broad SMARTS) is 1. The maximum Gasteiger partial charge on any atom is 0.305 e. The lowest BCUT2D eigenvalue weighted by atomic mass is 9.98. The van der Waals surface area contributed by atoms with E-state index in [4.69, 9.17) is 10.8 Å². The smallest absolute Gasteiger partial charge is 0.305 e. The molecular weight excluding hydrogens is 292 g/mol. The molecule has 4 atom stereocenters. The van der Waals surface area contributed by atoms with E-state index in [0.717, 1.165) is 0 Å². The van der Waals surface area contributed by atoms with Crippen LogP contribution >= 0.6 is 0 Å². The first kappa shape index (κ1) is 20.2. The zero-order chi connectivity index (χ0) is 17.4. The van der Waals surface area contributed by atoms with E-state index in [1.807, 2.05) is 0 Å². The van der Waals surface area contributed by atoms with Crippen LogP contribution in [0.15, 0.2) is 0 Å². The Morgan fingerprint density at radius 2 is 1.77 bits per heavy atom. The molecule has 0 rings (SSSR count). The minimum absolute atomic E-state index is 0.330. The van der Waals surface area contributed by atoms with E-state index >= 15 is 0 Å². The van der Waals surface area contributed by atoms with E-state index in [1.54, 1.807) is 13.8 Å². The van der Waals surface area contributed by atoms with Gasteiger partial charge in [0.1, 0.15) is 12.4 Å². The van der Waals surface area contributed by atoms with E-state index < -0.39 is 48.3 Å². The van der Waals surface area contributed by atoms with Crippen LogP contribution in [0.25, 0.3) is 0 Å². The number of rotatable bonds is 9. The summed E-state index contributed by atoms with van der Waals surface area (Å²) in [5, 5.41) is 18.9. The van der Waals surface area contributed by atoms with Crippen molar-refractivity contribution in [2.24, 2.45) is 11.7 Å². The summed E-state index contributed by atoms with van der Waals surface area (Å²) in [6.45, 7) is 4.74. The van der Waals surface area contributed by atoms with Gasteiger partial charge in [-0.1, -0.05) is 20.3 Å². The Bertz CT molecular complexity index is 424. The number of carboxylic acids is 1. The Hall–Kier alpha value is -1.80. The maximum atomic E-state index is 12.4. The fourth-order valence-electron chi connectivity index (χ4n) is 1.89. The Kier molecular flexibility index (Phi) is 8.51. The molecule has 0 radical (unpaired) electrons. The number of nitrogens with two attached hydrogens (primary N) is 1. The molecule has 0 aromatic rings. The van der Waals surface area contributed by atoms with Gasteiger partial charge in [-0.3, -0.25) is 19.3 Å². The van der Waals surface area contributed by atoms with E-state index in [0.29, 0.717) is 17.6 Å². The molecule has 8 nitrogen and oxygen atoms in total. The molecule has 0 heterocycles. The third kappa shape index (κ3) is 5.53. The van der Waals surface area contributed by atoms with E-state index in [-0.39, 0.29) is 6.42 Å². The van der Waals surface area contributed by atoms with Crippen LogP contribution in [0.1, 0.15) is 40.0 Å². The Morgan fingerprint density at radius 3 is 2.14 bits per heavy atom. The number of carbonyl (C=O) groups is 4. The molecule has 8 heteroatoms. The second-order valence-electron chi connectivity index (χ2n) is 5.32. The molecule has 1 unspecified atom stereocenters. The minimum atomic E-state index is -1.46. The lowest BCUT2D eigenvalue weighted by Gasteiger charge is -2.32. The normalized spacial score (nSPS) is 16.2. The molecule has 0 aliphatic heterocycles. The highest BCUT2D eigenvalue weighted by Crippen LogP contribution is 2.17. The van der Waals surface area contributed by atoms with Gasteiger partial charge in [0.05, 0.1) is 18.5 Å². The lowest BCUT2D eigenvalue weighted by Crippen LogP contribution is -2.55. The van der Waals surface area contributed by atoms with Gasteiger partial charge in [0.25, 0.3) is 5.91 Å². The molecule has 2 amide bonds. The summed E-state index contributed by atoms with van der Waals surface area (Å²) in [5.41, 5.74) is 5.49. The third-order valence-corrected chi connectivity index (χ3v) is 3.44. The van der Waals surface area contributed by atoms with E-state index in [9.17, 15) is 24.3 Å². The van der Waals surface area contributed by atoms with E-state index in [2.05, 4.69) is 0 Å². The van der Waals surface area contributed by atoms with Crippen molar-refractivity contribution in [1.82, 2.24) is 4.90 Å². The molecule has 0 saturated heterocycles. The van der Waals surface area contributed by atoms with Crippen molar-refractivity contribution in [3.05, 3.63) is 0 Å². The summed E-state index contributed by atoms with van der Waals surface area (Å²) in [5.74, 6) is -3.43. The molecule has 0 aromatic heterocycles. The predicted molar refractivity (Wildman–Crippen MR) is 77.7 cm³/mol. The van der Waals surface area contributed by atoms with Gasteiger partial charge in [-0.25, -0.2) is 0 Å². The number of aliphatic hydroxyl groups excluding tert-OH is 1. The van der Waals surface area contributed by atoms with E-state index in [1.165, 1.54) is 6.92 Å². The fraction of sp³-hybridized carbons (Fsp3) is 0.714. The van der Waals surface area contributed by atoms with Gasteiger partial charge >= 0.3 is 5.97 Å². The average Bonchev–Trinajstić information content (AvgIpc) is 2.44. The molecule has 0 fully saturated rings. The van der Waals surface area contributed by atoms with Crippen molar-refractivity contribution in [3.63, 3.8) is 0 Å². The van der Waals surface area contributed by atoms with Gasteiger partial charge in [0.15, 0.2) is 0 Å². The van der Waals surface area contributed by atoms with Crippen molar-refractivity contribution in [1.29, 1.82) is 0 Å². The quantitative estimate of drug-likeness (QED) is 0.489. The first-order valence-corrected chi connectivity index (χ1v) is 7.13. The standard InChI is InChI=1S/C14H24N2O6/c1-4-8(2)12(20)14(22)16(13(21)9(3)15)10(5-6-17)7-11(18)19/h6,8-10,12,20H,4-5,7,15H2,1-3H3,(H,18,19)/t8-,9-,10+,12?/m0/s1. The highest BCUT2D eigenvalue weighted by atomic mass is 16.4. The number of hydrogen-bond acceptors (Lipinski definition) is 6. The van der Waals surface area contributed by atoms with Crippen LogP contribution in [0.2, 0.25) is 0 Å². The predicted octanol–water partition coefficient (Wildman–Crippen LogP) is -0.472. The van der Waals surface area contributed by atoms with Crippen molar-refractivity contribution in [2.75, 3.05) is 0 Å². The zero-order valence-electron chi connectivity index (χ0n) is 13.1. The summed E-state index contributed by atoms with van der Waals surface area (Å²) in [4.78, 5) is 46.8. The summed E-state index contributed by atoms with van der Waals surface area (Å²) < 4.78 is 0.